The van der Waals surface area contributed by atoms with Gasteiger partial charge in [-0.25, -0.2) is 9.78 Å². The molecule has 0 aliphatic heterocycles. The fourth-order valence-corrected chi connectivity index (χ4v) is 3.54. The summed E-state index contributed by atoms with van der Waals surface area (Å²) in [7, 11) is 0. The number of rotatable bonds is 4. The minimum Gasteiger partial charge on any atom is -0.461 e. The van der Waals surface area contributed by atoms with Crippen LogP contribution in [0, 0.1) is 0 Å². The minimum atomic E-state index is -0.746. The van der Waals surface area contributed by atoms with Crippen LogP contribution in [-0.4, -0.2) is 21.6 Å². The van der Waals surface area contributed by atoms with Gasteiger partial charge in [-0.05, 0) is 38.5 Å². The van der Waals surface area contributed by atoms with Crippen LogP contribution in [0.4, 0.5) is 0 Å². The third-order valence-electron chi connectivity index (χ3n) is 3.78. The van der Waals surface area contributed by atoms with Crippen LogP contribution in [-0.2, 0) is 9.53 Å². The Balaban J connectivity index is 2.10. The molecule has 0 amide bonds. The molecule has 3 rings (SSSR count). The predicted molar refractivity (Wildman–Crippen MR) is 100 cm³/mol. The maximum absolute atomic E-state index is 13.0. The van der Waals surface area contributed by atoms with Gasteiger partial charge in [0.15, 0.2) is 0 Å². The lowest BCUT2D eigenvalue weighted by Crippen LogP contribution is -2.30. The van der Waals surface area contributed by atoms with Crippen molar-refractivity contribution in [3.8, 4) is 11.1 Å². The van der Waals surface area contributed by atoms with Crippen molar-refractivity contribution in [1.29, 1.82) is 0 Å². The Morgan fingerprint density at radius 3 is 2.56 bits per heavy atom. The average molecular weight is 377 g/mol. The molecule has 2 heterocycles. The van der Waals surface area contributed by atoms with E-state index in [0.717, 1.165) is 11.1 Å². The molecule has 1 atom stereocenters. The number of ether oxygens (including phenoxy) is 1. The highest BCUT2D eigenvalue weighted by Crippen LogP contribution is 2.31. The van der Waals surface area contributed by atoms with Gasteiger partial charge in [0.25, 0.3) is 5.56 Å². The van der Waals surface area contributed by atoms with Crippen LogP contribution in [0.2, 0.25) is 5.02 Å². The Bertz CT molecular complexity index is 976. The summed E-state index contributed by atoms with van der Waals surface area (Å²) < 4.78 is 6.52. The van der Waals surface area contributed by atoms with Crippen molar-refractivity contribution in [3.63, 3.8) is 0 Å². The molecule has 0 N–H and O–H groups in total. The van der Waals surface area contributed by atoms with E-state index in [1.807, 2.05) is 17.5 Å². The molecule has 1 unspecified atom stereocenters. The van der Waals surface area contributed by atoms with Crippen molar-refractivity contribution < 1.29 is 9.53 Å². The first-order chi connectivity index (χ1) is 11.9. The Labute approximate surface area is 153 Å². The molecule has 0 saturated carbocycles. The number of esters is 1. The lowest BCUT2D eigenvalue weighted by molar-refractivity contribution is -0.151. The van der Waals surface area contributed by atoms with Gasteiger partial charge in [-0.1, -0.05) is 23.7 Å². The van der Waals surface area contributed by atoms with E-state index in [1.54, 1.807) is 32.9 Å². The molecule has 0 bridgehead atoms. The normalized spacial score (nSPS) is 12.5. The van der Waals surface area contributed by atoms with Crippen LogP contribution in [0.15, 0.2) is 40.8 Å². The highest BCUT2D eigenvalue weighted by atomic mass is 35.5. The largest absolute Gasteiger partial charge is 0.461 e. The van der Waals surface area contributed by atoms with Crippen LogP contribution < -0.4 is 5.56 Å². The molecule has 0 spiro atoms. The SMILES string of the molecule is CC(C)OC(=O)C(C)n1cnc2scc(-c3ccc(Cl)cc3)c2c1=O. The molecule has 5 nitrogen and oxygen atoms in total. The maximum Gasteiger partial charge on any atom is 0.329 e. The van der Waals surface area contributed by atoms with Crippen molar-refractivity contribution >= 4 is 39.1 Å². The number of halogens is 1. The first kappa shape index (κ1) is 17.6. The number of hydrogen-bond donors (Lipinski definition) is 0. The summed E-state index contributed by atoms with van der Waals surface area (Å²) in [5.74, 6) is -0.457. The molecule has 0 radical (unpaired) electrons. The lowest BCUT2D eigenvalue weighted by Gasteiger charge is -2.16. The molecule has 25 heavy (non-hydrogen) atoms. The molecule has 0 fully saturated rings. The zero-order valence-corrected chi connectivity index (χ0v) is 15.6. The standard InChI is InChI=1S/C18H17ClN2O3S/c1-10(2)24-18(23)11(3)21-9-20-16-15(17(21)22)14(8-25-16)12-4-6-13(19)7-5-12/h4-11H,1-3H3. The monoisotopic (exact) mass is 376 g/mol. The Hall–Kier alpha value is -2.18. The third kappa shape index (κ3) is 3.45. The summed E-state index contributed by atoms with van der Waals surface area (Å²) in [6.45, 7) is 5.17. The van der Waals surface area contributed by atoms with E-state index in [-0.39, 0.29) is 11.7 Å². The molecule has 0 aliphatic carbocycles. The zero-order chi connectivity index (χ0) is 18.1. The van der Waals surface area contributed by atoms with Gasteiger partial charge in [0, 0.05) is 16.0 Å². The summed E-state index contributed by atoms with van der Waals surface area (Å²) in [5, 5.41) is 3.02. The van der Waals surface area contributed by atoms with Crippen LogP contribution in [0.25, 0.3) is 21.3 Å². The van der Waals surface area contributed by atoms with E-state index in [9.17, 15) is 9.59 Å². The van der Waals surface area contributed by atoms with Gasteiger partial charge in [0.05, 0.1) is 17.8 Å². The molecule has 0 aliphatic rings. The van der Waals surface area contributed by atoms with Gasteiger partial charge in [-0.3, -0.25) is 9.36 Å². The highest BCUT2D eigenvalue weighted by molar-refractivity contribution is 7.17. The smallest absolute Gasteiger partial charge is 0.329 e. The van der Waals surface area contributed by atoms with Gasteiger partial charge < -0.3 is 4.74 Å². The molecule has 7 heteroatoms. The van der Waals surface area contributed by atoms with Crippen LogP contribution in [0.5, 0.6) is 0 Å². The predicted octanol–water partition coefficient (Wildman–Crippen LogP) is 4.29. The number of thiophene rings is 1. The third-order valence-corrected chi connectivity index (χ3v) is 4.92. The van der Waals surface area contributed by atoms with E-state index in [4.69, 9.17) is 16.3 Å². The van der Waals surface area contributed by atoms with Crippen LogP contribution in [0.3, 0.4) is 0 Å². The Kier molecular flexibility index (Phi) is 4.92. The maximum atomic E-state index is 13.0. The quantitative estimate of drug-likeness (QED) is 0.637. The number of aromatic nitrogens is 2. The van der Waals surface area contributed by atoms with Gasteiger partial charge in [0.1, 0.15) is 10.9 Å². The number of fused-ring (bicyclic) bond motifs is 1. The van der Waals surface area contributed by atoms with Crippen molar-refractivity contribution in [1.82, 2.24) is 9.55 Å². The first-order valence-corrected chi connectivity index (χ1v) is 9.09. The second kappa shape index (κ2) is 6.98. The van der Waals surface area contributed by atoms with Gasteiger partial charge in [-0.15, -0.1) is 11.3 Å². The Morgan fingerprint density at radius 2 is 1.92 bits per heavy atom. The summed E-state index contributed by atoms with van der Waals surface area (Å²) in [6, 6.07) is 6.52. The van der Waals surface area contributed by atoms with Crippen LogP contribution in [0.1, 0.15) is 26.8 Å². The van der Waals surface area contributed by atoms with Crippen molar-refractivity contribution in [2.75, 3.05) is 0 Å². The van der Waals surface area contributed by atoms with E-state index < -0.39 is 12.0 Å². The molecule has 1 aromatic carbocycles. The van der Waals surface area contributed by atoms with Crippen molar-refractivity contribution in [2.24, 2.45) is 0 Å². The first-order valence-electron chi connectivity index (χ1n) is 7.83. The van der Waals surface area contributed by atoms with Gasteiger partial charge >= 0.3 is 5.97 Å². The number of benzene rings is 1. The van der Waals surface area contributed by atoms with Crippen molar-refractivity contribution in [2.45, 2.75) is 32.9 Å². The average Bonchev–Trinajstić information content (AvgIpc) is 2.99. The Morgan fingerprint density at radius 1 is 1.24 bits per heavy atom. The molecular formula is C18H17ClN2O3S. The summed E-state index contributed by atoms with van der Waals surface area (Å²) in [4.78, 5) is 30.1. The van der Waals surface area contributed by atoms with Gasteiger partial charge in [0.2, 0.25) is 0 Å². The number of carbonyl (C=O) groups is 1. The molecule has 3 aromatic rings. The fourth-order valence-electron chi connectivity index (χ4n) is 2.51. The van der Waals surface area contributed by atoms with E-state index >= 15 is 0 Å². The van der Waals surface area contributed by atoms with E-state index in [0.29, 0.717) is 15.2 Å². The zero-order valence-electron chi connectivity index (χ0n) is 14.0. The topological polar surface area (TPSA) is 61.2 Å². The fraction of sp³-hybridized carbons (Fsp3) is 0.278. The summed E-state index contributed by atoms with van der Waals surface area (Å²) >= 11 is 7.33. The van der Waals surface area contributed by atoms with E-state index in [2.05, 4.69) is 4.98 Å². The van der Waals surface area contributed by atoms with Crippen LogP contribution >= 0.6 is 22.9 Å². The van der Waals surface area contributed by atoms with E-state index in [1.165, 1.54) is 22.2 Å². The number of nitrogens with zero attached hydrogens (tertiary/aromatic N) is 2. The molecule has 2 aromatic heterocycles. The van der Waals surface area contributed by atoms with Crippen molar-refractivity contribution in [3.05, 3.63) is 51.3 Å². The minimum absolute atomic E-state index is 0.242. The molecular weight excluding hydrogens is 360 g/mol. The molecule has 0 saturated heterocycles. The lowest BCUT2D eigenvalue weighted by atomic mass is 10.1. The molecule has 130 valence electrons. The van der Waals surface area contributed by atoms with Gasteiger partial charge in [-0.2, -0.15) is 0 Å². The second-order valence-electron chi connectivity index (χ2n) is 5.96. The highest BCUT2D eigenvalue weighted by Gasteiger charge is 2.22. The summed E-state index contributed by atoms with van der Waals surface area (Å²) in [6.07, 6.45) is 1.16. The number of hydrogen-bond acceptors (Lipinski definition) is 5. The number of carbonyl (C=O) groups excluding carboxylic acids is 1. The summed E-state index contributed by atoms with van der Waals surface area (Å²) in [5.41, 5.74) is 1.40. The second-order valence-corrected chi connectivity index (χ2v) is 7.25.